The van der Waals surface area contributed by atoms with Gasteiger partial charge in [-0.1, -0.05) is 32.6 Å². The van der Waals surface area contributed by atoms with Crippen LogP contribution in [0.2, 0.25) is 0 Å². The molecule has 2 N–H and O–H groups in total. The number of nitrogens with one attached hydrogen (secondary N) is 2. The van der Waals surface area contributed by atoms with E-state index in [-0.39, 0.29) is 11.8 Å². The third-order valence-electron chi connectivity index (χ3n) is 4.32. The zero-order chi connectivity index (χ0) is 20.1. The molecular weight excluding hydrogens is 342 g/mol. The first kappa shape index (κ1) is 23.0. The summed E-state index contributed by atoms with van der Waals surface area (Å²) in [5, 5.41) is 5.82. The van der Waals surface area contributed by atoms with E-state index in [2.05, 4.69) is 17.6 Å². The molecule has 0 aliphatic carbocycles. The molecule has 1 aromatic rings. The summed E-state index contributed by atoms with van der Waals surface area (Å²) in [5.74, 6) is -0.152. The molecule has 0 aliphatic heterocycles. The maximum atomic E-state index is 12.6. The standard InChI is InChI=1S/C21H35N3O3/c1-5-6-7-8-9-11-20(25)23-17-12-13-19(24(2)3)18(16-17)21(26)22-14-10-15-27-4/h12-13,16H,5-11,14-15H2,1-4H3,(H,22,26)(H,23,25). The third-order valence-corrected chi connectivity index (χ3v) is 4.32. The molecule has 1 aromatic carbocycles. The second-order valence-corrected chi connectivity index (χ2v) is 6.94. The van der Waals surface area contributed by atoms with Gasteiger partial charge in [0.2, 0.25) is 5.91 Å². The Kier molecular flexibility index (Phi) is 11.2. The molecule has 27 heavy (non-hydrogen) atoms. The smallest absolute Gasteiger partial charge is 0.253 e. The molecule has 1 rings (SSSR count). The lowest BCUT2D eigenvalue weighted by molar-refractivity contribution is -0.116. The van der Waals surface area contributed by atoms with E-state index in [0.717, 1.165) is 24.9 Å². The number of carbonyl (C=O) groups excluding carboxylic acids is 2. The number of hydrogen-bond donors (Lipinski definition) is 2. The highest BCUT2D eigenvalue weighted by molar-refractivity contribution is 6.02. The van der Waals surface area contributed by atoms with E-state index < -0.39 is 0 Å². The number of amides is 2. The minimum absolute atomic E-state index is 0.00412. The first-order valence-electron chi connectivity index (χ1n) is 9.88. The fourth-order valence-electron chi connectivity index (χ4n) is 2.81. The largest absolute Gasteiger partial charge is 0.385 e. The molecule has 0 spiro atoms. The fourth-order valence-corrected chi connectivity index (χ4v) is 2.81. The Hall–Kier alpha value is -2.08. The van der Waals surface area contributed by atoms with Gasteiger partial charge in [0, 0.05) is 52.2 Å². The van der Waals surface area contributed by atoms with Crippen LogP contribution in [0.3, 0.4) is 0 Å². The van der Waals surface area contributed by atoms with Crippen LogP contribution < -0.4 is 15.5 Å². The maximum absolute atomic E-state index is 12.6. The van der Waals surface area contributed by atoms with E-state index in [0.29, 0.717) is 30.8 Å². The van der Waals surface area contributed by atoms with E-state index in [4.69, 9.17) is 4.74 Å². The van der Waals surface area contributed by atoms with Gasteiger partial charge < -0.3 is 20.3 Å². The van der Waals surface area contributed by atoms with E-state index in [9.17, 15) is 9.59 Å². The summed E-state index contributed by atoms with van der Waals surface area (Å²) in [5.41, 5.74) is 2.02. The van der Waals surface area contributed by atoms with Gasteiger partial charge in [-0.3, -0.25) is 9.59 Å². The minimum atomic E-state index is -0.148. The molecule has 0 unspecified atom stereocenters. The molecule has 0 atom stereocenters. The van der Waals surface area contributed by atoms with Crippen LogP contribution in [0.15, 0.2) is 18.2 Å². The molecule has 0 fully saturated rings. The van der Waals surface area contributed by atoms with Gasteiger partial charge in [0.1, 0.15) is 0 Å². The summed E-state index contributed by atoms with van der Waals surface area (Å²) in [6.45, 7) is 3.33. The van der Waals surface area contributed by atoms with Gasteiger partial charge >= 0.3 is 0 Å². The molecule has 0 aliphatic rings. The average molecular weight is 378 g/mol. The van der Waals surface area contributed by atoms with Crippen molar-refractivity contribution in [2.45, 2.75) is 51.9 Å². The Morgan fingerprint density at radius 1 is 1.07 bits per heavy atom. The molecule has 2 amide bonds. The van der Waals surface area contributed by atoms with E-state index in [1.165, 1.54) is 19.3 Å². The Labute approximate surface area is 163 Å². The van der Waals surface area contributed by atoms with Crippen LogP contribution in [0, 0.1) is 0 Å². The number of carbonyl (C=O) groups is 2. The first-order valence-corrected chi connectivity index (χ1v) is 9.88. The Bertz CT molecular complexity index is 588. The number of anilines is 2. The van der Waals surface area contributed by atoms with Gasteiger partial charge in [0.25, 0.3) is 5.91 Å². The molecule has 6 nitrogen and oxygen atoms in total. The van der Waals surface area contributed by atoms with Crippen molar-refractivity contribution in [3.05, 3.63) is 23.8 Å². The van der Waals surface area contributed by atoms with Crippen molar-refractivity contribution < 1.29 is 14.3 Å². The second-order valence-electron chi connectivity index (χ2n) is 6.94. The predicted octanol–water partition coefficient (Wildman–Crippen LogP) is 3.82. The molecule has 0 saturated heterocycles. The normalized spacial score (nSPS) is 10.5. The minimum Gasteiger partial charge on any atom is -0.385 e. The Morgan fingerprint density at radius 3 is 2.48 bits per heavy atom. The maximum Gasteiger partial charge on any atom is 0.253 e. The third kappa shape index (κ3) is 8.91. The zero-order valence-electron chi connectivity index (χ0n) is 17.3. The van der Waals surface area contributed by atoms with Gasteiger partial charge in [-0.05, 0) is 31.0 Å². The van der Waals surface area contributed by atoms with Crippen LogP contribution >= 0.6 is 0 Å². The number of rotatable bonds is 13. The lowest BCUT2D eigenvalue weighted by atomic mass is 10.1. The molecule has 0 heterocycles. The van der Waals surface area contributed by atoms with Crippen molar-refractivity contribution in [2.75, 3.05) is 44.6 Å². The van der Waals surface area contributed by atoms with Gasteiger partial charge in [0.15, 0.2) is 0 Å². The van der Waals surface area contributed by atoms with Crippen molar-refractivity contribution >= 4 is 23.2 Å². The van der Waals surface area contributed by atoms with Crippen LogP contribution in [-0.2, 0) is 9.53 Å². The van der Waals surface area contributed by atoms with Crippen molar-refractivity contribution in [1.29, 1.82) is 0 Å². The molecule has 0 saturated carbocycles. The number of nitrogens with zero attached hydrogens (tertiary/aromatic N) is 1. The lowest BCUT2D eigenvalue weighted by Gasteiger charge is -2.18. The van der Waals surface area contributed by atoms with Crippen LogP contribution in [0.25, 0.3) is 0 Å². The van der Waals surface area contributed by atoms with Crippen molar-refractivity contribution in [3.8, 4) is 0 Å². The quantitative estimate of drug-likeness (QED) is 0.513. The number of benzene rings is 1. The van der Waals surface area contributed by atoms with E-state index >= 15 is 0 Å². The lowest BCUT2D eigenvalue weighted by Crippen LogP contribution is -2.27. The fraction of sp³-hybridized carbons (Fsp3) is 0.619. The van der Waals surface area contributed by atoms with Crippen molar-refractivity contribution in [3.63, 3.8) is 0 Å². The summed E-state index contributed by atoms with van der Waals surface area (Å²) in [6.07, 6.45) is 6.84. The summed E-state index contributed by atoms with van der Waals surface area (Å²) in [7, 11) is 5.43. The van der Waals surface area contributed by atoms with Gasteiger partial charge in [0.05, 0.1) is 5.56 Å². The summed E-state index contributed by atoms with van der Waals surface area (Å²) in [4.78, 5) is 26.6. The van der Waals surface area contributed by atoms with Crippen LogP contribution in [0.5, 0.6) is 0 Å². The molecule has 6 heteroatoms. The van der Waals surface area contributed by atoms with E-state index in [1.807, 2.05) is 31.1 Å². The average Bonchev–Trinajstić information content (AvgIpc) is 2.64. The van der Waals surface area contributed by atoms with Gasteiger partial charge in [-0.25, -0.2) is 0 Å². The zero-order valence-corrected chi connectivity index (χ0v) is 17.3. The Morgan fingerprint density at radius 2 is 1.81 bits per heavy atom. The monoisotopic (exact) mass is 377 g/mol. The molecular formula is C21H35N3O3. The predicted molar refractivity (Wildman–Crippen MR) is 112 cm³/mol. The highest BCUT2D eigenvalue weighted by atomic mass is 16.5. The summed E-state index contributed by atoms with van der Waals surface area (Å²) >= 11 is 0. The highest BCUT2D eigenvalue weighted by Gasteiger charge is 2.14. The van der Waals surface area contributed by atoms with Crippen LogP contribution in [0.4, 0.5) is 11.4 Å². The first-order chi connectivity index (χ1) is 13.0. The highest BCUT2D eigenvalue weighted by Crippen LogP contribution is 2.23. The Balaban J connectivity index is 2.68. The van der Waals surface area contributed by atoms with E-state index in [1.54, 1.807) is 13.2 Å². The van der Waals surface area contributed by atoms with Crippen molar-refractivity contribution in [2.24, 2.45) is 0 Å². The number of methoxy groups -OCH3 is 1. The molecule has 0 bridgehead atoms. The van der Waals surface area contributed by atoms with Crippen LogP contribution in [-0.4, -0.2) is 46.2 Å². The van der Waals surface area contributed by atoms with Crippen molar-refractivity contribution in [1.82, 2.24) is 5.32 Å². The topological polar surface area (TPSA) is 70.7 Å². The van der Waals surface area contributed by atoms with Gasteiger partial charge in [-0.2, -0.15) is 0 Å². The summed E-state index contributed by atoms with van der Waals surface area (Å²) in [6, 6.07) is 5.45. The molecule has 152 valence electrons. The van der Waals surface area contributed by atoms with Gasteiger partial charge in [-0.15, -0.1) is 0 Å². The SMILES string of the molecule is CCCCCCCC(=O)Nc1ccc(N(C)C)c(C(=O)NCCCOC)c1. The number of hydrogen-bond acceptors (Lipinski definition) is 4. The summed E-state index contributed by atoms with van der Waals surface area (Å²) < 4.78 is 5.00. The number of unbranched alkanes of at least 4 members (excludes halogenated alkanes) is 4. The van der Waals surface area contributed by atoms with Crippen LogP contribution in [0.1, 0.15) is 62.2 Å². The molecule has 0 radical (unpaired) electrons. The number of ether oxygens (including phenoxy) is 1. The molecule has 0 aromatic heterocycles. The second kappa shape index (κ2) is 13.1.